The molecule has 0 unspecified atom stereocenters. The third-order valence-electron chi connectivity index (χ3n) is 4.04. The standard InChI is InChI=1S/C18H20N4O3/c1-23-11-13-10-18(22-17(21-13)7-9-20-22)19-8-6-14-12-24-15-4-2-3-5-16(15)25-14/h2-5,7,9-10,14,19H,6,8,11-12H2,1H3/t14-/m0/s1. The van der Waals surface area contributed by atoms with Crippen LogP contribution in [0, 0.1) is 0 Å². The normalized spacial score (nSPS) is 16.1. The maximum absolute atomic E-state index is 5.98. The largest absolute Gasteiger partial charge is 0.486 e. The lowest BCUT2D eigenvalue weighted by atomic mass is 10.2. The first-order chi connectivity index (χ1) is 12.3. The summed E-state index contributed by atoms with van der Waals surface area (Å²) in [7, 11) is 1.66. The lowest BCUT2D eigenvalue weighted by molar-refractivity contribution is 0.0873. The summed E-state index contributed by atoms with van der Waals surface area (Å²) in [6, 6.07) is 11.6. The maximum Gasteiger partial charge on any atom is 0.161 e. The summed E-state index contributed by atoms with van der Waals surface area (Å²) in [4.78, 5) is 4.50. The van der Waals surface area contributed by atoms with Crippen LogP contribution in [0.4, 0.5) is 5.82 Å². The number of methoxy groups -OCH3 is 1. The Labute approximate surface area is 145 Å². The van der Waals surface area contributed by atoms with E-state index in [1.165, 1.54) is 0 Å². The van der Waals surface area contributed by atoms with Crippen molar-refractivity contribution in [1.82, 2.24) is 14.6 Å². The molecule has 0 radical (unpaired) electrons. The van der Waals surface area contributed by atoms with Gasteiger partial charge >= 0.3 is 0 Å². The van der Waals surface area contributed by atoms with Crippen molar-refractivity contribution in [3.05, 3.63) is 48.3 Å². The fourth-order valence-electron chi connectivity index (χ4n) is 2.88. The smallest absolute Gasteiger partial charge is 0.161 e. The van der Waals surface area contributed by atoms with E-state index in [0.717, 1.165) is 41.6 Å². The Morgan fingerprint density at radius 2 is 2.16 bits per heavy atom. The Bertz CT molecular complexity index is 864. The Morgan fingerprint density at radius 3 is 3.04 bits per heavy atom. The summed E-state index contributed by atoms with van der Waals surface area (Å²) < 4.78 is 18.7. The van der Waals surface area contributed by atoms with Crippen molar-refractivity contribution >= 4 is 11.5 Å². The van der Waals surface area contributed by atoms with Gasteiger partial charge in [0.05, 0.1) is 18.5 Å². The number of para-hydroxylation sites is 2. The molecule has 0 aliphatic carbocycles. The zero-order chi connectivity index (χ0) is 17.1. The number of benzene rings is 1. The highest BCUT2D eigenvalue weighted by Crippen LogP contribution is 2.31. The first-order valence-electron chi connectivity index (χ1n) is 8.28. The minimum atomic E-state index is 0.0239. The van der Waals surface area contributed by atoms with Crippen molar-refractivity contribution < 1.29 is 14.2 Å². The van der Waals surface area contributed by atoms with E-state index >= 15 is 0 Å². The monoisotopic (exact) mass is 340 g/mol. The molecular weight excluding hydrogens is 320 g/mol. The van der Waals surface area contributed by atoms with Crippen molar-refractivity contribution in [3.63, 3.8) is 0 Å². The summed E-state index contributed by atoms with van der Waals surface area (Å²) in [6.07, 6.45) is 2.58. The first-order valence-corrected chi connectivity index (χ1v) is 8.28. The maximum atomic E-state index is 5.98. The highest BCUT2D eigenvalue weighted by molar-refractivity contribution is 5.49. The van der Waals surface area contributed by atoms with Crippen LogP contribution in [-0.2, 0) is 11.3 Å². The van der Waals surface area contributed by atoms with E-state index < -0.39 is 0 Å². The van der Waals surface area contributed by atoms with Crippen molar-refractivity contribution in [1.29, 1.82) is 0 Å². The van der Waals surface area contributed by atoms with Gasteiger partial charge in [0.1, 0.15) is 18.5 Å². The number of rotatable bonds is 6. The molecule has 1 aromatic carbocycles. The Kier molecular flexibility index (Phi) is 4.39. The molecular formula is C18H20N4O3. The second-order valence-electron chi connectivity index (χ2n) is 5.88. The summed E-state index contributed by atoms with van der Waals surface area (Å²) in [6.45, 7) is 1.76. The van der Waals surface area contributed by atoms with Gasteiger partial charge in [-0.15, -0.1) is 0 Å². The van der Waals surface area contributed by atoms with E-state index in [1.54, 1.807) is 17.8 Å². The molecule has 0 saturated carbocycles. The van der Waals surface area contributed by atoms with Crippen LogP contribution in [0.3, 0.4) is 0 Å². The molecule has 4 rings (SSSR count). The zero-order valence-electron chi connectivity index (χ0n) is 14.0. The van der Waals surface area contributed by atoms with Gasteiger partial charge in [0.25, 0.3) is 0 Å². The fourth-order valence-corrected chi connectivity index (χ4v) is 2.88. The number of nitrogens with one attached hydrogen (secondary N) is 1. The molecule has 0 amide bonds. The van der Waals surface area contributed by atoms with E-state index in [4.69, 9.17) is 14.2 Å². The van der Waals surface area contributed by atoms with Crippen LogP contribution >= 0.6 is 0 Å². The number of hydrogen-bond donors (Lipinski definition) is 1. The Morgan fingerprint density at radius 1 is 1.28 bits per heavy atom. The van der Waals surface area contributed by atoms with Gasteiger partial charge in [-0.2, -0.15) is 9.61 Å². The average Bonchev–Trinajstić information content (AvgIpc) is 3.11. The predicted molar refractivity (Wildman–Crippen MR) is 93.2 cm³/mol. The van der Waals surface area contributed by atoms with Gasteiger partial charge < -0.3 is 19.5 Å². The zero-order valence-corrected chi connectivity index (χ0v) is 14.0. The number of nitrogens with zero attached hydrogens (tertiary/aromatic N) is 3. The molecule has 2 aromatic heterocycles. The van der Waals surface area contributed by atoms with E-state index in [1.807, 2.05) is 36.4 Å². The quantitative estimate of drug-likeness (QED) is 0.743. The minimum absolute atomic E-state index is 0.0239. The van der Waals surface area contributed by atoms with Crippen LogP contribution in [0.15, 0.2) is 42.6 Å². The predicted octanol–water partition coefficient (Wildman–Crippen LogP) is 2.52. The number of hydrogen-bond acceptors (Lipinski definition) is 6. The molecule has 130 valence electrons. The van der Waals surface area contributed by atoms with Crippen LogP contribution < -0.4 is 14.8 Å². The van der Waals surface area contributed by atoms with Crippen LogP contribution in [0.1, 0.15) is 12.1 Å². The second-order valence-corrected chi connectivity index (χ2v) is 5.88. The number of aromatic nitrogens is 3. The van der Waals surface area contributed by atoms with Gasteiger partial charge in [0, 0.05) is 32.2 Å². The lowest BCUT2D eigenvalue weighted by Crippen LogP contribution is -2.31. The second kappa shape index (κ2) is 6.98. The molecule has 3 aromatic rings. The van der Waals surface area contributed by atoms with E-state index in [-0.39, 0.29) is 6.10 Å². The summed E-state index contributed by atoms with van der Waals surface area (Å²) in [5.41, 5.74) is 1.66. The average molecular weight is 340 g/mol. The fraction of sp³-hybridized carbons (Fsp3) is 0.333. The van der Waals surface area contributed by atoms with Crippen molar-refractivity contribution in [2.45, 2.75) is 19.1 Å². The van der Waals surface area contributed by atoms with Crippen LogP contribution in [0.25, 0.3) is 5.65 Å². The molecule has 1 aliphatic rings. The van der Waals surface area contributed by atoms with Crippen molar-refractivity contribution in [3.8, 4) is 11.5 Å². The molecule has 1 atom stereocenters. The SMILES string of the molecule is COCc1cc(NCC[C@H]2COc3ccccc3O2)n2nccc2n1. The molecule has 0 spiro atoms. The van der Waals surface area contributed by atoms with Crippen LogP contribution in [0.5, 0.6) is 11.5 Å². The highest BCUT2D eigenvalue weighted by atomic mass is 16.6. The number of fused-ring (bicyclic) bond motifs is 2. The van der Waals surface area contributed by atoms with Gasteiger partial charge in [-0.1, -0.05) is 12.1 Å². The molecule has 1 aliphatic heterocycles. The minimum Gasteiger partial charge on any atom is -0.486 e. The van der Waals surface area contributed by atoms with E-state index in [9.17, 15) is 0 Å². The van der Waals surface area contributed by atoms with Gasteiger partial charge in [-0.25, -0.2) is 4.98 Å². The lowest BCUT2D eigenvalue weighted by Gasteiger charge is -2.26. The van der Waals surface area contributed by atoms with Crippen LogP contribution in [-0.4, -0.2) is 41.0 Å². The van der Waals surface area contributed by atoms with E-state index in [0.29, 0.717) is 13.2 Å². The molecule has 0 fully saturated rings. The molecule has 7 heteroatoms. The van der Waals surface area contributed by atoms with E-state index in [2.05, 4.69) is 15.4 Å². The molecule has 1 N–H and O–H groups in total. The van der Waals surface area contributed by atoms with Gasteiger partial charge in [-0.3, -0.25) is 0 Å². The highest BCUT2D eigenvalue weighted by Gasteiger charge is 2.20. The molecule has 7 nitrogen and oxygen atoms in total. The number of anilines is 1. The van der Waals surface area contributed by atoms with Crippen molar-refractivity contribution in [2.75, 3.05) is 25.6 Å². The Balaban J connectivity index is 1.40. The van der Waals surface area contributed by atoms with Gasteiger partial charge in [-0.05, 0) is 12.1 Å². The first kappa shape index (κ1) is 15.7. The summed E-state index contributed by atoms with van der Waals surface area (Å²) in [5.74, 6) is 2.50. The molecule has 0 saturated heterocycles. The van der Waals surface area contributed by atoms with Gasteiger partial charge in [0.2, 0.25) is 0 Å². The molecule has 3 heterocycles. The third-order valence-corrected chi connectivity index (χ3v) is 4.04. The number of ether oxygens (including phenoxy) is 3. The van der Waals surface area contributed by atoms with Crippen molar-refractivity contribution in [2.24, 2.45) is 0 Å². The third kappa shape index (κ3) is 3.36. The summed E-state index contributed by atoms with van der Waals surface area (Å²) in [5, 5.41) is 7.72. The Hall–Kier alpha value is -2.80. The molecule has 25 heavy (non-hydrogen) atoms. The van der Waals surface area contributed by atoms with Crippen LogP contribution in [0.2, 0.25) is 0 Å². The molecule has 0 bridgehead atoms. The summed E-state index contributed by atoms with van der Waals surface area (Å²) >= 11 is 0. The topological polar surface area (TPSA) is 69.9 Å². The van der Waals surface area contributed by atoms with Gasteiger partial charge in [0.15, 0.2) is 17.1 Å².